The molecule has 4 nitrogen and oxygen atoms in total. The monoisotopic (exact) mass is 238 g/mol. The van der Waals surface area contributed by atoms with E-state index in [9.17, 15) is 8.78 Å². The zero-order valence-corrected chi connectivity index (χ0v) is 9.46. The molecule has 90 valence electrons. The van der Waals surface area contributed by atoms with Gasteiger partial charge in [0.15, 0.2) is 11.6 Å². The number of H-pyrrole nitrogens is 1. The molecule has 0 bridgehead atoms. The first kappa shape index (κ1) is 11.4. The standard InChI is InChI=1S/C11H12F2N4/c1-17(2)10-4-9(13)8(12)3-6(10)7-5-15-16-11(7)14/h3-5H,1-2H3,(H3,14,15,16). The highest BCUT2D eigenvalue weighted by molar-refractivity contribution is 5.83. The molecule has 2 aromatic rings. The van der Waals surface area contributed by atoms with Gasteiger partial charge >= 0.3 is 0 Å². The highest BCUT2D eigenvalue weighted by atomic mass is 19.2. The van der Waals surface area contributed by atoms with Gasteiger partial charge in [0.1, 0.15) is 5.82 Å². The number of benzene rings is 1. The normalized spacial score (nSPS) is 10.6. The summed E-state index contributed by atoms with van der Waals surface area (Å²) in [5.74, 6) is -1.48. The number of anilines is 2. The minimum Gasteiger partial charge on any atom is -0.384 e. The Hall–Kier alpha value is -2.11. The smallest absolute Gasteiger partial charge is 0.160 e. The first-order valence-electron chi connectivity index (χ1n) is 4.96. The van der Waals surface area contributed by atoms with E-state index in [1.165, 1.54) is 6.20 Å². The number of nitrogens with zero attached hydrogens (tertiary/aromatic N) is 2. The van der Waals surface area contributed by atoms with E-state index in [2.05, 4.69) is 10.2 Å². The number of rotatable bonds is 2. The van der Waals surface area contributed by atoms with Crippen molar-refractivity contribution in [2.75, 3.05) is 24.7 Å². The fourth-order valence-corrected chi connectivity index (χ4v) is 1.63. The number of hydrogen-bond acceptors (Lipinski definition) is 3. The second-order valence-electron chi connectivity index (χ2n) is 3.88. The van der Waals surface area contributed by atoms with Crippen molar-refractivity contribution in [2.24, 2.45) is 0 Å². The van der Waals surface area contributed by atoms with Crippen molar-refractivity contribution in [3.8, 4) is 11.1 Å². The maximum absolute atomic E-state index is 13.3. The van der Waals surface area contributed by atoms with Crippen LogP contribution in [0.25, 0.3) is 11.1 Å². The number of hydrogen-bond donors (Lipinski definition) is 2. The molecule has 17 heavy (non-hydrogen) atoms. The molecule has 0 amide bonds. The second-order valence-corrected chi connectivity index (χ2v) is 3.88. The number of nitrogen functional groups attached to an aromatic ring is 1. The molecule has 0 fully saturated rings. The lowest BCUT2D eigenvalue weighted by molar-refractivity contribution is 0.509. The third-order valence-electron chi connectivity index (χ3n) is 2.48. The third kappa shape index (κ3) is 1.93. The Labute approximate surface area is 97.0 Å². The lowest BCUT2D eigenvalue weighted by atomic mass is 10.1. The van der Waals surface area contributed by atoms with Gasteiger partial charge in [0.05, 0.1) is 6.20 Å². The van der Waals surface area contributed by atoms with E-state index >= 15 is 0 Å². The van der Waals surface area contributed by atoms with E-state index in [0.29, 0.717) is 22.6 Å². The zero-order chi connectivity index (χ0) is 12.6. The summed E-state index contributed by atoms with van der Waals surface area (Å²) in [6.45, 7) is 0. The SMILES string of the molecule is CN(C)c1cc(F)c(F)cc1-c1cn[nH]c1N. The molecule has 0 radical (unpaired) electrons. The highest BCUT2D eigenvalue weighted by Crippen LogP contribution is 2.34. The highest BCUT2D eigenvalue weighted by Gasteiger charge is 2.15. The van der Waals surface area contributed by atoms with Gasteiger partial charge in [-0.3, -0.25) is 5.10 Å². The molecule has 0 aliphatic heterocycles. The number of nitrogens with one attached hydrogen (secondary N) is 1. The molecule has 0 saturated heterocycles. The quantitative estimate of drug-likeness (QED) is 0.841. The predicted molar refractivity (Wildman–Crippen MR) is 62.7 cm³/mol. The largest absolute Gasteiger partial charge is 0.384 e. The second kappa shape index (κ2) is 4.04. The van der Waals surface area contributed by atoms with Crippen LogP contribution in [0.5, 0.6) is 0 Å². The van der Waals surface area contributed by atoms with Gasteiger partial charge in [0.25, 0.3) is 0 Å². The average molecular weight is 238 g/mol. The third-order valence-corrected chi connectivity index (χ3v) is 2.48. The molecule has 0 aliphatic rings. The van der Waals surface area contributed by atoms with Crippen molar-refractivity contribution in [1.82, 2.24) is 10.2 Å². The summed E-state index contributed by atoms with van der Waals surface area (Å²) in [5, 5.41) is 6.33. The topological polar surface area (TPSA) is 57.9 Å². The zero-order valence-electron chi connectivity index (χ0n) is 9.46. The molecule has 1 aromatic carbocycles. The number of aromatic amines is 1. The molecule has 6 heteroatoms. The summed E-state index contributed by atoms with van der Waals surface area (Å²) in [7, 11) is 3.49. The molecule has 0 atom stereocenters. The van der Waals surface area contributed by atoms with Gasteiger partial charge in [0.2, 0.25) is 0 Å². The van der Waals surface area contributed by atoms with Crippen molar-refractivity contribution < 1.29 is 8.78 Å². The Kier molecular flexibility index (Phi) is 2.71. The van der Waals surface area contributed by atoms with E-state index in [1.54, 1.807) is 19.0 Å². The Bertz CT molecular complexity index is 548. The molecule has 0 spiro atoms. The Morgan fingerprint density at radius 1 is 1.18 bits per heavy atom. The van der Waals surface area contributed by atoms with Gasteiger partial charge in [0, 0.05) is 37.0 Å². The first-order chi connectivity index (χ1) is 8.00. The molecule has 2 rings (SSSR count). The average Bonchev–Trinajstić information content (AvgIpc) is 2.67. The molecule has 0 aliphatic carbocycles. The van der Waals surface area contributed by atoms with Crippen LogP contribution in [0.3, 0.4) is 0 Å². The van der Waals surface area contributed by atoms with Crippen LogP contribution in [0, 0.1) is 11.6 Å². The van der Waals surface area contributed by atoms with Crippen LogP contribution in [-0.2, 0) is 0 Å². The van der Waals surface area contributed by atoms with Gasteiger partial charge in [-0.05, 0) is 6.07 Å². The van der Waals surface area contributed by atoms with Gasteiger partial charge in [-0.25, -0.2) is 8.78 Å². The first-order valence-corrected chi connectivity index (χ1v) is 4.96. The fraction of sp³-hybridized carbons (Fsp3) is 0.182. The molecule has 3 N–H and O–H groups in total. The fourth-order valence-electron chi connectivity index (χ4n) is 1.63. The lowest BCUT2D eigenvalue weighted by Crippen LogP contribution is -2.11. The van der Waals surface area contributed by atoms with Crippen molar-refractivity contribution >= 4 is 11.5 Å². The molecular formula is C11H12F2N4. The predicted octanol–water partition coefficient (Wildman–Crippen LogP) is 2.00. The Balaban J connectivity index is 2.68. The van der Waals surface area contributed by atoms with E-state index in [4.69, 9.17) is 5.73 Å². The summed E-state index contributed by atoms with van der Waals surface area (Å²) in [5.41, 5.74) is 7.26. The van der Waals surface area contributed by atoms with Gasteiger partial charge in [-0.15, -0.1) is 0 Å². The maximum Gasteiger partial charge on any atom is 0.160 e. The Morgan fingerprint density at radius 2 is 1.82 bits per heavy atom. The summed E-state index contributed by atoms with van der Waals surface area (Å²) in [6.07, 6.45) is 1.48. The summed E-state index contributed by atoms with van der Waals surface area (Å²) in [4.78, 5) is 1.68. The minimum atomic E-state index is -0.911. The molecule has 1 heterocycles. The van der Waals surface area contributed by atoms with Crippen LogP contribution >= 0.6 is 0 Å². The Morgan fingerprint density at radius 3 is 2.35 bits per heavy atom. The summed E-state index contributed by atoms with van der Waals surface area (Å²) >= 11 is 0. The van der Waals surface area contributed by atoms with Gasteiger partial charge < -0.3 is 10.6 Å². The van der Waals surface area contributed by atoms with Gasteiger partial charge in [-0.1, -0.05) is 0 Å². The van der Waals surface area contributed by atoms with Crippen LogP contribution in [0.2, 0.25) is 0 Å². The lowest BCUT2D eigenvalue weighted by Gasteiger charge is -2.17. The van der Waals surface area contributed by atoms with Crippen molar-refractivity contribution in [1.29, 1.82) is 0 Å². The van der Waals surface area contributed by atoms with E-state index in [0.717, 1.165) is 12.1 Å². The molecule has 0 saturated carbocycles. The van der Waals surface area contributed by atoms with Crippen LogP contribution < -0.4 is 10.6 Å². The number of aromatic nitrogens is 2. The van der Waals surface area contributed by atoms with Crippen LogP contribution in [0.4, 0.5) is 20.3 Å². The van der Waals surface area contributed by atoms with Gasteiger partial charge in [-0.2, -0.15) is 5.10 Å². The summed E-state index contributed by atoms with van der Waals surface area (Å²) < 4.78 is 26.5. The summed E-state index contributed by atoms with van der Waals surface area (Å²) in [6, 6.07) is 2.25. The van der Waals surface area contributed by atoms with E-state index < -0.39 is 11.6 Å². The molecule has 1 aromatic heterocycles. The van der Waals surface area contributed by atoms with Crippen molar-refractivity contribution in [2.45, 2.75) is 0 Å². The molecular weight excluding hydrogens is 226 g/mol. The van der Waals surface area contributed by atoms with E-state index in [1.807, 2.05) is 0 Å². The van der Waals surface area contributed by atoms with Crippen molar-refractivity contribution in [3.63, 3.8) is 0 Å². The van der Waals surface area contributed by atoms with Crippen molar-refractivity contribution in [3.05, 3.63) is 30.0 Å². The molecule has 0 unspecified atom stereocenters. The number of nitrogens with two attached hydrogens (primary N) is 1. The van der Waals surface area contributed by atoms with Crippen LogP contribution in [0.1, 0.15) is 0 Å². The van der Waals surface area contributed by atoms with Crippen LogP contribution in [0.15, 0.2) is 18.3 Å². The number of halogens is 2. The van der Waals surface area contributed by atoms with Crippen LogP contribution in [-0.4, -0.2) is 24.3 Å². The van der Waals surface area contributed by atoms with E-state index in [-0.39, 0.29) is 0 Å². The minimum absolute atomic E-state index is 0.319. The maximum atomic E-state index is 13.3.